The largest absolute Gasteiger partial charge is 0.493 e. The van der Waals surface area contributed by atoms with E-state index in [9.17, 15) is 4.39 Å². The zero-order chi connectivity index (χ0) is 19.3. The minimum absolute atomic E-state index is 0. The number of benzene rings is 2. The van der Waals surface area contributed by atoms with E-state index in [0.29, 0.717) is 6.61 Å². The smallest absolute Gasteiger partial charge is 0.161 e. The summed E-state index contributed by atoms with van der Waals surface area (Å²) in [7, 11) is 1.71. The summed E-state index contributed by atoms with van der Waals surface area (Å²) in [5.41, 5.74) is 3.92. The number of anilines is 1. The molecule has 1 fully saturated rings. The van der Waals surface area contributed by atoms with Crippen LogP contribution in [0.25, 0.3) is 0 Å². The van der Waals surface area contributed by atoms with Crippen molar-refractivity contribution in [2.24, 2.45) is 0 Å². The first-order valence-electron chi connectivity index (χ1n) is 10.3. The van der Waals surface area contributed by atoms with Gasteiger partial charge >= 0.3 is 0 Å². The molecule has 0 saturated carbocycles. The van der Waals surface area contributed by atoms with Crippen molar-refractivity contribution >= 4 is 30.5 Å². The fourth-order valence-electron chi connectivity index (χ4n) is 4.20. The molecule has 7 heteroatoms. The summed E-state index contributed by atoms with van der Waals surface area (Å²) in [4.78, 5) is 4.80. The molecule has 1 saturated heterocycles. The molecule has 0 atom stereocenters. The summed E-state index contributed by atoms with van der Waals surface area (Å²) in [5.74, 6) is 1.56. The molecule has 4 nitrogen and oxygen atoms in total. The molecular formula is C23H31Cl2FN2O2. The van der Waals surface area contributed by atoms with E-state index >= 15 is 0 Å². The molecule has 1 aliphatic carbocycles. The third-order valence-corrected chi connectivity index (χ3v) is 5.82. The summed E-state index contributed by atoms with van der Waals surface area (Å²) in [5, 5.41) is 0. The van der Waals surface area contributed by atoms with Gasteiger partial charge in [-0.2, -0.15) is 0 Å². The van der Waals surface area contributed by atoms with Gasteiger partial charge in [-0.15, -0.1) is 24.8 Å². The highest BCUT2D eigenvalue weighted by atomic mass is 35.5. The minimum atomic E-state index is -0.178. The van der Waals surface area contributed by atoms with E-state index in [2.05, 4.69) is 21.9 Å². The molecule has 2 aliphatic rings. The maximum Gasteiger partial charge on any atom is 0.161 e. The Morgan fingerprint density at radius 3 is 2.17 bits per heavy atom. The maximum atomic E-state index is 13.1. The van der Waals surface area contributed by atoms with E-state index < -0.39 is 0 Å². The van der Waals surface area contributed by atoms with Crippen LogP contribution in [0, 0.1) is 5.82 Å². The lowest BCUT2D eigenvalue weighted by Crippen LogP contribution is -2.46. The summed E-state index contributed by atoms with van der Waals surface area (Å²) >= 11 is 0. The van der Waals surface area contributed by atoms with Crippen LogP contribution in [0.1, 0.15) is 24.0 Å². The van der Waals surface area contributed by atoms with Crippen molar-refractivity contribution in [3.8, 4) is 11.5 Å². The Hall–Kier alpha value is -1.69. The van der Waals surface area contributed by atoms with Crippen molar-refractivity contribution < 1.29 is 13.9 Å². The van der Waals surface area contributed by atoms with Crippen LogP contribution in [0.4, 0.5) is 10.1 Å². The third kappa shape index (κ3) is 5.93. The van der Waals surface area contributed by atoms with Crippen LogP contribution < -0.4 is 14.4 Å². The number of methoxy groups -OCH3 is 1. The normalized spacial score (nSPS) is 15.7. The number of hydrogen-bond acceptors (Lipinski definition) is 4. The first-order valence-corrected chi connectivity index (χ1v) is 10.3. The number of nitrogens with zero attached hydrogens (tertiary/aromatic N) is 2. The van der Waals surface area contributed by atoms with Gasteiger partial charge in [0.15, 0.2) is 11.5 Å². The summed E-state index contributed by atoms with van der Waals surface area (Å²) < 4.78 is 24.6. The van der Waals surface area contributed by atoms with Crippen LogP contribution in [-0.2, 0) is 12.8 Å². The second kappa shape index (κ2) is 11.6. The SMILES string of the molecule is COc1cc2c(cc1OCCCN1CCN(c3ccc(F)cc3)CC1)CCC2.Cl.Cl. The van der Waals surface area contributed by atoms with Crippen LogP contribution in [-0.4, -0.2) is 51.3 Å². The second-order valence-corrected chi connectivity index (χ2v) is 7.63. The van der Waals surface area contributed by atoms with Crippen LogP contribution >= 0.6 is 24.8 Å². The molecule has 1 heterocycles. The monoisotopic (exact) mass is 456 g/mol. The Morgan fingerprint density at radius 2 is 1.53 bits per heavy atom. The molecular weight excluding hydrogens is 426 g/mol. The first kappa shape index (κ1) is 24.6. The van der Waals surface area contributed by atoms with Crippen LogP contribution in [0.2, 0.25) is 0 Å². The molecule has 2 aromatic carbocycles. The summed E-state index contributed by atoms with van der Waals surface area (Å²) in [6, 6.07) is 11.1. The van der Waals surface area contributed by atoms with E-state index in [0.717, 1.165) is 69.2 Å². The molecule has 0 radical (unpaired) electrons. The van der Waals surface area contributed by atoms with Crippen molar-refractivity contribution in [1.29, 1.82) is 0 Å². The van der Waals surface area contributed by atoms with Gasteiger partial charge in [0.05, 0.1) is 13.7 Å². The Bertz CT molecular complexity index is 797. The fraction of sp³-hybridized carbons (Fsp3) is 0.478. The Labute approximate surface area is 191 Å². The van der Waals surface area contributed by atoms with Gasteiger partial charge in [0.1, 0.15) is 5.82 Å². The molecule has 0 aromatic heterocycles. The first-order chi connectivity index (χ1) is 13.7. The Morgan fingerprint density at radius 1 is 0.900 bits per heavy atom. The van der Waals surface area contributed by atoms with Gasteiger partial charge in [0.2, 0.25) is 0 Å². The number of piperazine rings is 1. The molecule has 0 bridgehead atoms. The van der Waals surface area contributed by atoms with E-state index in [4.69, 9.17) is 9.47 Å². The lowest BCUT2D eigenvalue weighted by atomic mass is 10.1. The average molecular weight is 457 g/mol. The number of rotatable bonds is 7. The van der Waals surface area contributed by atoms with Crippen molar-refractivity contribution in [2.45, 2.75) is 25.7 Å². The molecule has 0 amide bonds. The van der Waals surface area contributed by atoms with Gasteiger partial charge in [-0.3, -0.25) is 4.90 Å². The zero-order valence-electron chi connectivity index (χ0n) is 17.4. The summed E-state index contributed by atoms with van der Waals surface area (Å²) in [6.45, 7) is 5.74. The topological polar surface area (TPSA) is 24.9 Å². The molecule has 0 N–H and O–H groups in total. The van der Waals surface area contributed by atoms with Crippen molar-refractivity contribution in [3.63, 3.8) is 0 Å². The van der Waals surface area contributed by atoms with E-state index in [1.807, 2.05) is 12.1 Å². The minimum Gasteiger partial charge on any atom is -0.493 e. The average Bonchev–Trinajstić information content (AvgIpc) is 3.19. The third-order valence-electron chi connectivity index (χ3n) is 5.82. The highest BCUT2D eigenvalue weighted by Gasteiger charge is 2.18. The highest BCUT2D eigenvalue weighted by Crippen LogP contribution is 2.35. The number of fused-ring (bicyclic) bond motifs is 1. The molecule has 1 aliphatic heterocycles. The van der Waals surface area contributed by atoms with E-state index in [-0.39, 0.29) is 30.6 Å². The fourth-order valence-corrected chi connectivity index (χ4v) is 4.20. The predicted octanol–water partition coefficient (Wildman–Crippen LogP) is 4.76. The molecule has 30 heavy (non-hydrogen) atoms. The lowest BCUT2D eigenvalue weighted by Gasteiger charge is -2.36. The van der Waals surface area contributed by atoms with Gasteiger partial charge in [-0.25, -0.2) is 4.39 Å². The maximum absolute atomic E-state index is 13.1. The Kier molecular flexibility index (Phi) is 9.53. The number of halogens is 3. The molecule has 166 valence electrons. The number of ether oxygens (including phenoxy) is 2. The number of aryl methyl sites for hydroxylation is 2. The quantitative estimate of drug-likeness (QED) is 0.560. The predicted molar refractivity (Wildman–Crippen MR) is 125 cm³/mol. The van der Waals surface area contributed by atoms with Gasteiger partial charge in [0.25, 0.3) is 0 Å². The van der Waals surface area contributed by atoms with Crippen molar-refractivity contribution in [2.75, 3.05) is 51.3 Å². The molecule has 4 rings (SSSR count). The van der Waals surface area contributed by atoms with Crippen LogP contribution in [0.5, 0.6) is 11.5 Å². The molecule has 0 unspecified atom stereocenters. The van der Waals surface area contributed by atoms with Crippen LogP contribution in [0.3, 0.4) is 0 Å². The second-order valence-electron chi connectivity index (χ2n) is 7.63. The lowest BCUT2D eigenvalue weighted by molar-refractivity contribution is 0.221. The molecule has 0 spiro atoms. The van der Waals surface area contributed by atoms with E-state index in [1.165, 1.54) is 29.7 Å². The van der Waals surface area contributed by atoms with Crippen molar-refractivity contribution in [3.05, 3.63) is 53.3 Å². The van der Waals surface area contributed by atoms with E-state index in [1.54, 1.807) is 7.11 Å². The zero-order valence-corrected chi connectivity index (χ0v) is 19.1. The summed E-state index contributed by atoms with van der Waals surface area (Å²) in [6.07, 6.45) is 4.52. The van der Waals surface area contributed by atoms with Crippen molar-refractivity contribution in [1.82, 2.24) is 4.90 Å². The van der Waals surface area contributed by atoms with Gasteiger partial charge in [-0.05, 0) is 73.2 Å². The standard InChI is InChI=1S/C23H29FN2O2.2ClH/c1-27-22-16-18-4-2-5-19(18)17-23(22)28-15-3-10-25-11-13-26(14-12-25)21-8-6-20(24)7-9-21;;/h6-9,16-17H,2-5,10-15H2,1H3;2*1H. The van der Waals surface area contributed by atoms with Gasteiger partial charge in [-0.1, -0.05) is 0 Å². The van der Waals surface area contributed by atoms with Gasteiger partial charge in [0, 0.05) is 38.4 Å². The number of hydrogen-bond donors (Lipinski definition) is 0. The van der Waals surface area contributed by atoms with Crippen LogP contribution in [0.15, 0.2) is 36.4 Å². The Balaban J connectivity index is 0.00000160. The highest BCUT2D eigenvalue weighted by molar-refractivity contribution is 5.85. The van der Waals surface area contributed by atoms with Gasteiger partial charge < -0.3 is 14.4 Å². The molecule has 2 aromatic rings.